The van der Waals surface area contributed by atoms with Gasteiger partial charge in [0.2, 0.25) is 15.9 Å². The minimum Gasteiger partial charge on any atom is -0.497 e. The number of carbonyl (C=O) groups is 1. The fourth-order valence-electron chi connectivity index (χ4n) is 5.07. The van der Waals surface area contributed by atoms with Gasteiger partial charge in [-0.15, -0.1) is 0 Å². The van der Waals surface area contributed by atoms with Crippen LogP contribution in [0, 0.1) is 11.8 Å². The maximum atomic E-state index is 13.0. The highest BCUT2D eigenvalue weighted by Gasteiger charge is 2.32. The van der Waals surface area contributed by atoms with Gasteiger partial charge < -0.3 is 15.0 Å². The van der Waals surface area contributed by atoms with E-state index in [9.17, 15) is 13.2 Å². The number of hydrogen-bond acceptors (Lipinski definition) is 5. The minimum absolute atomic E-state index is 0.00655. The van der Waals surface area contributed by atoms with Crippen molar-refractivity contribution in [3.05, 3.63) is 54.1 Å². The summed E-state index contributed by atoms with van der Waals surface area (Å²) in [5.74, 6) is 1.14. The number of amides is 1. The van der Waals surface area contributed by atoms with E-state index >= 15 is 0 Å². The molecule has 0 spiro atoms. The molecule has 35 heavy (non-hydrogen) atoms. The van der Waals surface area contributed by atoms with Crippen molar-refractivity contribution in [3.63, 3.8) is 0 Å². The van der Waals surface area contributed by atoms with Crippen molar-refractivity contribution >= 4 is 21.6 Å². The minimum atomic E-state index is -3.58. The second-order valence-electron chi connectivity index (χ2n) is 9.87. The molecule has 190 valence electrons. The molecule has 0 unspecified atom stereocenters. The van der Waals surface area contributed by atoms with Gasteiger partial charge in [0, 0.05) is 37.8 Å². The second kappa shape index (κ2) is 11.0. The summed E-state index contributed by atoms with van der Waals surface area (Å²) in [4.78, 5) is 15.6. The summed E-state index contributed by atoms with van der Waals surface area (Å²) in [6.45, 7) is 7.17. The molecule has 2 aromatic rings. The van der Waals surface area contributed by atoms with E-state index in [4.69, 9.17) is 4.74 Å². The van der Waals surface area contributed by atoms with Crippen LogP contribution in [0.4, 0.5) is 5.69 Å². The van der Waals surface area contributed by atoms with Crippen LogP contribution in [-0.2, 0) is 14.8 Å². The van der Waals surface area contributed by atoms with Gasteiger partial charge in [0.25, 0.3) is 0 Å². The third kappa shape index (κ3) is 5.98. The Labute approximate surface area is 209 Å². The number of piperidine rings is 2. The number of nitrogens with zero attached hydrogens (tertiary/aromatic N) is 2. The second-order valence-corrected chi connectivity index (χ2v) is 11.8. The molecule has 2 aliphatic rings. The Kier molecular flexibility index (Phi) is 8.02. The standard InChI is InChI=1S/C27H37N3O4S/c1-20-5-4-16-29(19-20)24-8-6-22(7-9-24)21(2)28-27(31)23-14-17-30(18-15-23)35(32,33)26-12-10-25(34-3)11-13-26/h6-13,20-21,23H,4-5,14-19H2,1-3H3,(H,28,31)/t20-,21+/m0/s1. The van der Waals surface area contributed by atoms with E-state index in [0.29, 0.717) is 31.7 Å². The van der Waals surface area contributed by atoms with E-state index in [-0.39, 0.29) is 22.8 Å². The molecule has 1 amide bonds. The Morgan fingerprint density at radius 1 is 1.00 bits per heavy atom. The quantitative estimate of drug-likeness (QED) is 0.617. The molecule has 8 heteroatoms. The largest absolute Gasteiger partial charge is 0.497 e. The van der Waals surface area contributed by atoms with E-state index in [1.54, 1.807) is 31.4 Å². The number of sulfonamides is 1. The maximum Gasteiger partial charge on any atom is 0.243 e. The zero-order chi connectivity index (χ0) is 25.0. The third-order valence-electron chi connectivity index (χ3n) is 7.30. The van der Waals surface area contributed by atoms with Gasteiger partial charge in [0.1, 0.15) is 5.75 Å². The number of methoxy groups -OCH3 is 1. The lowest BCUT2D eigenvalue weighted by Crippen LogP contribution is -2.43. The predicted molar refractivity (Wildman–Crippen MR) is 138 cm³/mol. The average Bonchev–Trinajstić information content (AvgIpc) is 2.89. The zero-order valence-corrected chi connectivity index (χ0v) is 21.8. The van der Waals surface area contributed by atoms with E-state index in [1.165, 1.54) is 22.8 Å². The molecule has 2 fully saturated rings. The lowest BCUT2D eigenvalue weighted by atomic mass is 9.96. The van der Waals surface area contributed by atoms with Crippen molar-refractivity contribution in [3.8, 4) is 5.75 Å². The molecule has 0 bridgehead atoms. The SMILES string of the molecule is COc1ccc(S(=O)(=O)N2CCC(C(=O)N[C@H](C)c3ccc(N4CCC[C@H](C)C4)cc3)CC2)cc1. The Morgan fingerprint density at radius 2 is 1.66 bits per heavy atom. The van der Waals surface area contributed by atoms with Crippen molar-refractivity contribution in [1.82, 2.24) is 9.62 Å². The number of carbonyl (C=O) groups excluding carboxylic acids is 1. The van der Waals surface area contributed by atoms with Crippen molar-refractivity contribution in [2.75, 3.05) is 38.2 Å². The molecule has 4 rings (SSSR count). The average molecular weight is 500 g/mol. The first-order chi connectivity index (χ1) is 16.8. The van der Waals surface area contributed by atoms with Crippen LogP contribution in [0.5, 0.6) is 5.75 Å². The number of benzene rings is 2. The van der Waals surface area contributed by atoms with E-state index in [0.717, 1.165) is 24.6 Å². The summed E-state index contributed by atoms with van der Waals surface area (Å²) in [7, 11) is -2.03. The van der Waals surface area contributed by atoms with E-state index in [1.807, 2.05) is 6.92 Å². The molecular weight excluding hydrogens is 462 g/mol. The first-order valence-corrected chi connectivity index (χ1v) is 14.0. The molecule has 7 nitrogen and oxygen atoms in total. The Balaban J connectivity index is 1.29. The smallest absolute Gasteiger partial charge is 0.243 e. The topological polar surface area (TPSA) is 79.0 Å². The monoisotopic (exact) mass is 499 g/mol. The van der Waals surface area contributed by atoms with Crippen molar-refractivity contribution < 1.29 is 17.9 Å². The highest BCUT2D eigenvalue weighted by Crippen LogP contribution is 2.27. The molecule has 0 saturated carbocycles. The van der Waals surface area contributed by atoms with Crippen molar-refractivity contribution in [2.45, 2.75) is 50.5 Å². The summed E-state index contributed by atoms with van der Waals surface area (Å²) < 4.78 is 32.5. The summed E-state index contributed by atoms with van der Waals surface area (Å²) in [5.41, 5.74) is 2.32. The number of nitrogens with one attached hydrogen (secondary N) is 1. The number of hydrogen-bond donors (Lipinski definition) is 1. The summed E-state index contributed by atoms with van der Waals surface area (Å²) in [5, 5.41) is 3.14. The predicted octanol–water partition coefficient (Wildman–Crippen LogP) is 4.21. The van der Waals surface area contributed by atoms with Crippen LogP contribution in [0.15, 0.2) is 53.4 Å². The van der Waals surface area contributed by atoms with Gasteiger partial charge >= 0.3 is 0 Å². The van der Waals surface area contributed by atoms with Gasteiger partial charge in [0.15, 0.2) is 0 Å². The maximum absolute atomic E-state index is 13.0. The summed E-state index contributed by atoms with van der Waals surface area (Å²) >= 11 is 0. The Morgan fingerprint density at radius 3 is 2.26 bits per heavy atom. The molecule has 0 aromatic heterocycles. The Bertz CT molecular complexity index is 1090. The lowest BCUT2D eigenvalue weighted by Gasteiger charge is -2.33. The van der Waals surface area contributed by atoms with Crippen molar-refractivity contribution in [1.29, 1.82) is 0 Å². The van der Waals surface area contributed by atoms with Crippen LogP contribution in [0.1, 0.15) is 51.1 Å². The van der Waals surface area contributed by atoms with Crippen LogP contribution in [0.3, 0.4) is 0 Å². The van der Waals surface area contributed by atoms with Gasteiger partial charge in [0.05, 0.1) is 18.0 Å². The van der Waals surface area contributed by atoms with Gasteiger partial charge in [-0.3, -0.25) is 4.79 Å². The normalized spacial score (nSPS) is 20.9. The first kappa shape index (κ1) is 25.5. The highest BCUT2D eigenvalue weighted by atomic mass is 32.2. The molecule has 2 atom stereocenters. The fourth-order valence-corrected chi connectivity index (χ4v) is 6.54. The number of rotatable bonds is 7. The van der Waals surface area contributed by atoms with Crippen LogP contribution in [0.2, 0.25) is 0 Å². The van der Waals surface area contributed by atoms with Crippen LogP contribution < -0.4 is 15.0 Å². The van der Waals surface area contributed by atoms with Gasteiger partial charge in [-0.05, 0) is 80.5 Å². The molecule has 2 aliphatic heterocycles. The molecule has 1 N–H and O–H groups in total. The molecular formula is C27H37N3O4S. The fraction of sp³-hybridized carbons (Fsp3) is 0.519. The summed E-state index contributed by atoms with van der Waals surface area (Å²) in [6.07, 6.45) is 3.56. The molecule has 0 radical (unpaired) electrons. The highest BCUT2D eigenvalue weighted by molar-refractivity contribution is 7.89. The van der Waals surface area contributed by atoms with Gasteiger partial charge in [-0.2, -0.15) is 4.31 Å². The molecule has 0 aliphatic carbocycles. The zero-order valence-electron chi connectivity index (χ0n) is 20.9. The third-order valence-corrected chi connectivity index (χ3v) is 9.21. The summed E-state index contributed by atoms with van der Waals surface area (Å²) in [6, 6.07) is 14.8. The van der Waals surface area contributed by atoms with Gasteiger partial charge in [-0.25, -0.2) is 8.42 Å². The van der Waals surface area contributed by atoms with Crippen molar-refractivity contribution in [2.24, 2.45) is 11.8 Å². The van der Waals surface area contributed by atoms with Crippen LogP contribution in [-0.4, -0.2) is 51.9 Å². The van der Waals surface area contributed by atoms with Gasteiger partial charge in [-0.1, -0.05) is 19.1 Å². The lowest BCUT2D eigenvalue weighted by molar-refractivity contribution is -0.126. The first-order valence-electron chi connectivity index (χ1n) is 12.6. The number of ether oxygens (including phenoxy) is 1. The van der Waals surface area contributed by atoms with Crippen LogP contribution in [0.25, 0.3) is 0 Å². The molecule has 2 aromatic carbocycles. The van der Waals surface area contributed by atoms with E-state index < -0.39 is 10.0 Å². The van der Waals surface area contributed by atoms with Crippen LogP contribution >= 0.6 is 0 Å². The Hall–Kier alpha value is -2.58. The molecule has 2 saturated heterocycles. The van der Waals surface area contributed by atoms with E-state index in [2.05, 4.69) is 41.4 Å². The molecule has 2 heterocycles. The number of anilines is 1.